The molecule has 0 aliphatic heterocycles. The minimum atomic E-state index is -0.628. The molecule has 1 unspecified atom stereocenters. The van der Waals surface area contributed by atoms with Crippen molar-refractivity contribution in [1.29, 1.82) is 0 Å². The zero-order valence-electron chi connectivity index (χ0n) is 15.0. The molecule has 4 aromatic rings. The van der Waals surface area contributed by atoms with Crippen LogP contribution in [0.5, 0.6) is 0 Å². The molecule has 28 heavy (non-hydrogen) atoms. The van der Waals surface area contributed by atoms with Crippen molar-refractivity contribution >= 4 is 39.2 Å². The Bertz CT molecular complexity index is 1200. The molecular formula is C21H17N3O2S2. The van der Waals surface area contributed by atoms with Gasteiger partial charge < -0.3 is 10.7 Å². The van der Waals surface area contributed by atoms with Gasteiger partial charge in [-0.3, -0.25) is 9.59 Å². The summed E-state index contributed by atoms with van der Waals surface area (Å²) in [5, 5.41) is 0.329. The van der Waals surface area contributed by atoms with Gasteiger partial charge in [0.15, 0.2) is 5.16 Å². The molecule has 0 aliphatic carbocycles. The van der Waals surface area contributed by atoms with Crippen LogP contribution in [0.4, 0.5) is 0 Å². The van der Waals surface area contributed by atoms with Crippen molar-refractivity contribution in [1.82, 2.24) is 9.97 Å². The van der Waals surface area contributed by atoms with Crippen LogP contribution >= 0.6 is 23.1 Å². The summed E-state index contributed by atoms with van der Waals surface area (Å²) in [6.07, 6.45) is 0. The number of hydrogen-bond donors (Lipinski definition) is 2. The summed E-state index contributed by atoms with van der Waals surface area (Å²) in [5.41, 5.74) is 8.04. The molecule has 5 nitrogen and oxygen atoms in total. The number of nitrogens with one attached hydrogen (secondary N) is 1. The van der Waals surface area contributed by atoms with Gasteiger partial charge in [-0.25, -0.2) is 4.98 Å². The number of amides is 1. The number of aromatic amines is 1. The fourth-order valence-corrected chi connectivity index (χ4v) is 5.17. The molecule has 3 N–H and O–H groups in total. The Balaban J connectivity index is 1.78. The number of H-pyrrole nitrogens is 1. The fourth-order valence-electron chi connectivity index (χ4n) is 3.14. The second kappa shape index (κ2) is 7.61. The first-order valence-electron chi connectivity index (χ1n) is 8.64. The van der Waals surface area contributed by atoms with Crippen molar-refractivity contribution in [3.8, 4) is 11.1 Å². The molecule has 2 aromatic carbocycles. The van der Waals surface area contributed by atoms with Crippen molar-refractivity contribution in [2.75, 3.05) is 0 Å². The SMILES string of the molecule is Cc1sc2nc(SC(C(N)=O)c3ccccc3)[nH]c(=O)c2c1-c1ccccc1. The lowest BCUT2D eigenvalue weighted by Crippen LogP contribution is -2.20. The highest BCUT2D eigenvalue weighted by Crippen LogP contribution is 2.38. The van der Waals surface area contributed by atoms with E-state index in [2.05, 4.69) is 9.97 Å². The second-order valence-electron chi connectivity index (χ2n) is 6.26. The molecule has 2 heterocycles. The van der Waals surface area contributed by atoms with Gasteiger partial charge >= 0.3 is 0 Å². The van der Waals surface area contributed by atoms with E-state index in [4.69, 9.17) is 5.73 Å². The maximum absolute atomic E-state index is 12.9. The molecule has 7 heteroatoms. The maximum atomic E-state index is 12.9. The van der Waals surface area contributed by atoms with E-state index in [1.165, 1.54) is 11.3 Å². The third-order valence-corrected chi connectivity index (χ3v) is 6.52. The topological polar surface area (TPSA) is 88.8 Å². The van der Waals surface area contributed by atoms with Crippen molar-refractivity contribution in [2.45, 2.75) is 17.3 Å². The number of nitrogens with two attached hydrogens (primary N) is 1. The average molecular weight is 408 g/mol. The van der Waals surface area contributed by atoms with Gasteiger partial charge in [0.25, 0.3) is 5.56 Å². The number of rotatable bonds is 5. The number of thioether (sulfide) groups is 1. The van der Waals surface area contributed by atoms with E-state index in [1.54, 1.807) is 0 Å². The van der Waals surface area contributed by atoms with Gasteiger partial charge in [0.05, 0.1) is 5.39 Å². The Morgan fingerprint density at radius 2 is 1.75 bits per heavy atom. The smallest absolute Gasteiger partial charge is 0.260 e. The van der Waals surface area contributed by atoms with E-state index in [0.717, 1.165) is 33.3 Å². The number of carbonyl (C=O) groups is 1. The molecule has 4 rings (SSSR count). The molecule has 0 saturated carbocycles. The molecule has 0 bridgehead atoms. The Kier molecular flexibility index (Phi) is 5.02. The van der Waals surface area contributed by atoms with Gasteiger partial charge in [-0.1, -0.05) is 72.4 Å². The van der Waals surface area contributed by atoms with Crippen LogP contribution in [0.3, 0.4) is 0 Å². The summed E-state index contributed by atoms with van der Waals surface area (Å²) in [5.74, 6) is -0.480. The number of aryl methyl sites for hydroxylation is 1. The minimum absolute atomic E-state index is 0.216. The van der Waals surface area contributed by atoms with Gasteiger partial charge in [-0.2, -0.15) is 0 Å². The lowest BCUT2D eigenvalue weighted by atomic mass is 10.0. The van der Waals surface area contributed by atoms with Crippen LogP contribution in [-0.2, 0) is 4.79 Å². The van der Waals surface area contributed by atoms with E-state index in [-0.39, 0.29) is 5.56 Å². The summed E-state index contributed by atoms with van der Waals surface area (Å²) in [6.45, 7) is 1.98. The molecule has 2 aromatic heterocycles. The highest BCUT2D eigenvalue weighted by molar-refractivity contribution is 8.00. The highest BCUT2D eigenvalue weighted by Gasteiger charge is 2.22. The number of benzene rings is 2. The van der Waals surface area contributed by atoms with E-state index in [9.17, 15) is 9.59 Å². The second-order valence-corrected chi connectivity index (χ2v) is 8.56. The van der Waals surface area contributed by atoms with Gasteiger partial charge in [-0.05, 0) is 18.1 Å². The number of carbonyl (C=O) groups excluding carboxylic acids is 1. The third-order valence-electron chi connectivity index (χ3n) is 4.37. The van der Waals surface area contributed by atoms with Crippen molar-refractivity contribution in [2.24, 2.45) is 5.73 Å². The number of fused-ring (bicyclic) bond motifs is 1. The average Bonchev–Trinajstić information content (AvgIpc) is 3.03. The molecule has 140 valence electrons. The third kappa shape index (κ3) is 3.46. The minimum Gasteiger partial charge on any atom is -0.368 e. The molecule has 1 atom stereocenters. The Hall–Kier alpha value is -2.90. The predicted molar refractivity (Wildman–Crippen MR) is 115 cm³/mol. The Morgan fingerprint density at radius 1 is 1.11 bits per heavy atom. The summed E-state index contributed by atoms with van der Waals surface area (Å²) < 4.78 is 0. The quantitative estimate of drug-likeness (QED) is 0.382. The van der Waals surface area contributed by atoms with Crippen molar-refractivity contribution < 1.29 is 4.79 Å². The standard InChI is InChI=1S/C21H17N3O2S2/c1-12-15(13-8-4-2-5-9-13)16-19(26)23-21(24-20(16)27-12)28-17(18(22)25)14-10-6-3-7-11-14/h2-11,17H,1H3,(H2,22,25)(H,23,24,26). The van der Waals surface area contributed by atoms with E-state index < -0.39 is 11.2 Å². The maximum Gasteiger partial charge on any atom is 0.260 e. The van der Waals surface area contributed by atoms with Crippen LogP contribution in [0.15, 0.2) is 70.6 Å². The van der Waals surface area contributed by atoms with Crippen molar-refractivity contribution in [3.05, 3.63) is 81.5 Å². The van der Waals surface area contributed by atoms with Gasteiger partial charge in [0, 0.05) is 10.4 Å². The molecular weight excluding hydrogens is 390 g/mol. The van der Waals surface area contributed by atoms with Crippen LogP contribution in [0, 0.1) is 6.92 Å². The zero-order valence-corrected chi connectivity index (χ0v) is 16.6. The number of nitrogens with zero attached hydrogens (tertiary/aromatic N) is 1. The van der Waals surface area contributed by atoms with E-state index in [1.807, 2.05) is 67.6 Å². The first kappa shape index (κ1) is 18.5. The first-order valence-corrected chi connectivity index (χ1v) is 10.3. The van der Waals surface area contributed by atoms with E-state index in [0.29, 0.717) is 15.4 Å². The predicted octanol–water partition coefficient (Wildman–Crippen LogP) is 4.28. The Morgan fingerprint density at radius 3 is 2.39 bits per heavy atom. The van der Waals surface area contributed by atoms with Gasteiger partial charge in [-0.15, -0.1) is 11.3 Å². The van der Waals surface area contributed by atoms with Crippen molar-refractivity contribution in [3.63, 3.8) is 0 Å². The Labute approximate surface area is 169 Å². The lowest BCUT2D eigenvalue weighted by molar-refractivity contribution is -0.117. The highest BCUT2D eigenvalue weighted by atomic mass is 32.2. The number of hydrogen-bond acceptors (Lipinski definition) is 5. The monoisotopic (exact) mass is 407 g/mol. The number of aromatic nitrogens is 2. The lowest BCUT2D eigenvalue weighted by Gasteiger charge is -2.12. The molecule has 0 fully saturated rings. The van der Waals surface area contributed by atoms with Crippen LogP contribution in [0.2, 0.25) is 0 Å². The summed E-state index contributed by atoms with van der Waals surface area (Å²) >= 11 is 2.63. The normalized spacial score (nSPS) is 12.2. The van der Waals surface area contributed by atoms with Crippen LogP contribution in [0.25, 0.3) is 21.3 Å². The largest absolute Gasteiger partial charge is 0.368 e. The molecule has 0 spiro atoms. The van der Waals surface area contributed by atoms with Gasteiger partial charge in [0.2, 0.25) is 5.91 Å². The van der Waals surface area contributed by atoms with Gasteiger partial charge in [0.1, 0.15) is 10.1 Å². The van der Waals surface area contributed by atoms with Crippen LogP contribution in [0.1, 0.15) is 15.7 Å². The zero-order chi connectivity index (χ0) is 19.7. The first-order chi connectivity index (χ1) is 13.5. The fraction of sp³-hybridized carbons (Fsp3) is 0.0952. The molecule has 0 radical (unpaired) electrons. The molecule has 0 aliphatic rings. The summed E-state index contributed by atoms with van der Waals surface area (Å²) in [7, 11) is 0. The van der Waals surface area contributed by atoms with E-state index >= 15 is 0 Å². The summed E-state index contributed by atoms with van der Waals surface area (Å²) in [6, 6.07) is 19.0. The number of primary amides is 1. The molecule has 0 saturated heterocycles. The van der Waals surface area contributed by atoms with Crippen LogP contribution in [-0.4, -0.2) is 15.9 Å². The van der Waals surface area contributed by atoms with Crippen LogP contribution < -0.4 is 11.3 Å². The summed E-state index contributed by atoms with van der Waals surface area (Å²) in [4.78, 5) is 34.0. The number of thiophene rings is 1. The molecule has 1 amide bonds.